The van der Waals surface area contributed by atoms with Crippen molar-refractivity contribution in [3.63, 3.8) is 0 Å². The molecule has 26 heavy (non-hydrogen) atoms. The second-order valence-corrected chi connectivity index (χ2v) is 6.51. The van der Waals surface area contributed by atoms with E-state index in [2.05, 4.69) is 34.8 Å². The molecule has 0 aliphatic rings. The first-order valence-corrected chi connectivity index (χ1v) is 8.64. The third kappa shape index (κ3) is 2.81. The van der Waals surface area contributed by atoms with Crippen molar-refractivity contribution in [2.45, 2.75) is 41.0 Å². The smallest absolute Gasteiger partial charge is 0.149 e. The van der Waals surface area contributed by atoms with Gasteiger partial charge in [0, 0.05) is 11.6 Å². The van der Waals surface area contributed by atoms with Crippen LogP contribution in [0, 0.1) is 27.7 Å². The van der Waals surface area contributed by atoms with Crippen LogP contribution in [0.3, 0.4) is 0 Å². The van der Waals surface area contributed by atoms with E-state index in [1.807, 2.05) is 32.9 Å². The maximum Gasteiger partial charge on any atom is 0.149 e. The fourth-order valence-corrected chi connectivity index (χ4v) is 3.49. The van der Waals surface area contributed by atoms with Crippen molar-refractivity contribution in [2.75, 3.05) is 7.11 Å². The van der Waals surface area contributed by atoms with Crippen LogP contribution in [0.15, 0.2) is 23.5 Å². The molecule has 6 heteroatoms. The number of benzene rings is 1. The van der Waals surface area contributed by atoms with Crippen LogP contribution in [0.5, 0.6) is 5.75 Å². The fourth-order valence-electron chi connectivity index (χ4n) is 3.49. The van der Waals surface area contributed by atoms with E-state index in [1.165, 1.54) is 0 Å². The standard InChI is InChI=1S/C20H24N4O2/c1-7-16(23-25)18-17-13(4)10-24(20(17)22-14(5)21-18)19-11(2)8-15(26-6)9-12(19)3/h8-10,25H,7H2,1-6H3/b23-16+. The molecule has 0 atom stereocenters. The number of aryl methyl sites for hydroxylation is 4. The highest BCUT2D eigenvalue weighted by Gasteiger charge is 2.20. The minimum atomic E-state index is 0.560. The molecule has 0 radical (unpaired) electrons. The summed E-state index contributed by atoms with van der Waals surface area (Å²) in [5, 5.41) is 13.8. The summed E-state index contributed by atoms with van der Waals surface area (Å²) in [5.74, 6) is 1.48. The van der Waals surface area contributed by atoms with Gasteiger partial charge in [-0.3, -0.25) is 0 Å². The number of oxime groups is 1. The lowest BCUT2D eigenvalue weighted by Crippen LogP contribution is -2.08. The van der Waals surface area contributed by atoms with Crippen molar-refractivity contribution in [3.05, 3.63) is 46.5 Å². The van der Waals surface area contributed by atoms with Crippen molar-refractivity contribution in [1.29, 1.82) is 0 Å². The number of hydrogen-bond donors (Lipinski definition) is 1. The molecule has 2 heterocycles. The molecule has 0 aliphatic heterocycles. The van der Waals surface area contributed by atoms with E-state index in [0.717, 1.165) is 39.2 Å². The molecule has 0 aliphatic carbocycles. The molecule has 0 spiro atoms. The Morgan fingerprint density at radius 2 is 1.77 bits per heavy atom. The second kappa shape index (κ2) is 6.78. The van der Waals surface area contributed by atoms with Crippen LogP contribution >= 0.6 is 0 Å². The highest BCUT2D eigenvalue weighted by Crippen LogP contribution is 2.31. The van der Waals surface area contributed by atoms with Crippen molar-refractivity contribution in [3.8, 4) is 11.4 Å². The van der Waals surface area contributed by atoms with Gasteiger partial charge in [-0.25, -0.2) is 9.97 Å². The lowest BCUT2D eigenvalue weighted by Gasteiger charge is -2.14. The van der Waals surface area contributed by atoms with Crippen LogP contribution in [0.1, 0.15) is 41.6 Å². The zero-order valence-electron chi connectivity index (χ0n) is 16.1. The molecule has 0 saturated heterocycles. The maximum atomic E-state index is 9.40. The summed E-state index contributed by atoms with van der Waals surface area (Å²) in [5.41, 5.74) is 6.38. The first-order chi connectivity index (χ1) is 12.4. The van der Waals surface area contributed by atoms with E-state index in [-0.39, 0.29) is 0 Å². The summed E-state index contributed by atoms with van der Waals surface area (Å²) in [6, 6.07) is 4.04. The molecule has 3 rings (SSSR count). The molecule has 3 aromatic rings. The molecule has 0 unspecified atom stereocenters. The predicted molar refractivity (Wildman–Crippen MR) is 103 cm³/mol. The third-order valence-electron chi connectivity index (χ3n) is 4.62. The highest BCUT2D eigenvalue weighted by atomic mass is 16.5. The van der Waals surface area contributed by atoms with E-state index < -0.39 is 0 Å². The van der Waals surface area contributed by atoms with Crippen LogP contribution in [-0.4, -0.2) is 32.6 Å². The lowest BCUT2D eigenvalue weighted by atomic mass is 10.1. The van der Waals surface area contributed by atoms with Gasteiger partial charge in [0.05, 0.1) is 12.8 Å². The van der Waals surface area contributed by atoms with Crippen LogP contribution in [-0.2, 0) is 0 Å². The lowest BCUT2D eigenvalue weighted by molar-refractivity contribution is 0.318. The van der Waals surface area contributed by atoms with Crippen molar-refractivity contribution >= 4 is 16.7 Å². The molecule has 136 valence electrons. The average Bonchev–Trinajstić information content (AvgIpc) is 2.91. The molecule has 1 N–H and O–H groups in total. The zero-order chi connectivity index (χ0) is 19.0. The highest BCUT2D eigenvalue weighted by molar-refractivity contribution is 6.09. The number of rotatable bonds is 4. The SMILES string of the molecule is CC/C(=N\O)c1nc(C)nc2c1c(C)cn2-c1c(C)cc(OC)cc1C. The molecule has 0 bridgehead atoms. The molecular formula is C20H24N4O2. The summed E-state index contributed by atoms with van der Waals surface area (Å²) < 4.78 is 7.47. The summed E-state index contributed by atoms with van der Waals surface area (Å²) in [6.07, 6.45) is 2.65. The summed E-state index contributed by atoms with van der Waals surface area (Å²) in [6.45, 7) is 9.96. The molecule has 6 nitrogen and oxygen atoms in total. The van der Waals surface area contributed by atoms with Gasteiger partial charge < -0.3 is 14.5 Å². The Labute approximate surface area is 153 Å². The Morgan fingerprint density at radius 1 is 1.12 bits per heavy atom. The van der Waals surface area contributed by atoms with E-state index >= 15 is 0 Å². The molecule has 0 amide bonds. The Kier molecular flexibility index (Phi) is 4.68. The number of fused-ring (bicyclic) bond motifs is 1. The van der Waals surface area contributed by atoms with Gasteiger partial charge in [-0.1, -0.05) is 12.1 Å². The van der Waals surface area contributed by atoms with Crippen LogP contribution in [0.4, 0.5) is 0 Å². The molecule has 0 saturated carbocycles. The summed E-state index contributed by atoms with van der Waals surface area (Å²) in [4.78, 5) is 9.24. The van der Waals surface area contributed by atoms with Crippen molar-refractivity contribution in [1.82, 2.24) is 14.5 Å². The van der Waals surface area contributed by atoms with Gasteiger partial charge in [-0.15, -0.1) is 0 Å². The first-order valence-electron chi connectivity index (χ1n) is 8.64. The van der Waals surface area contributed by atoms with Gasteiger partial charge in [0.25, 0.3) is 0 Å². The zero-order valence-corrected chi connectivity index (χ0v) is 16.1. The Balaban J connectivity index is 2.38. The topological polar surface area (TPSA) is 72.5 Å². The number of nitrogens with zero attached hydrogens (tertiary/aromatic N) is 4. The fraction of sp³-hybridized carbons (Fsp3) is 0.350. The maximum absolute atomic E-state index is 9.40. The minimum absolute atomic E-state index is 0.560. The number of methoxy groups -OCH3 is 1. The van der Waals surface area contributed by atoms with E-state index in [0.29, 0.717) is 23.7 Å². The number of ether oxygens (including phenoxy) is 1. The van der Waals surface area contributed by atoms with E-state index in [9.17, 15) is 5.21 Å². The van der Waals surface area contributed by atoms with Gasteiger partial charge in [-0.2, -0.15) is 0 Å². The molecule has 0 fully saturated rings. The second-order valence-electron chi connectivity index (χ2n) is 6.51. The van der Waals surface area contributed by atoms with Gasteiger partial charge in [0.2, 0.25) is 0 Å². The monoisotopic (exact) mass is 352 g/mol. The molecular weight excluding hydrogens is 328 g/mol. The van der Waals surface area contributed by atoms with E-state index in [4.69, 9.17) is 9.72 Å². The first kappa shape index (κ1) is 17.9. The van der Waals surface area contributed by atoms with Gasteiger partial charge in [0.1, 0.15) is 28.6 Å². The van der Waals surface area contributed by atoms with Crippen LogP contribution in [0.25, 0.3) is 16.7 Å². The Morgan fingerprint density at radius 3 is 2.31 bits per heavy atom. The molecule has 2 aromatic heterocycles. The number of aromatic nitrogens is 3. The predicted octanol–water partition coefficient (Wildman–Crippen LogP) is 4.25. The average molecular weight is 352 g/mol. The largest absolute Gasteiger partial charge is 0.497 e. The third-order valence-corrected chi connectivity index (χ3v) is 4.62. The quantitative estimate of drug-likeness (QED) is 0.433. The van der Waals surface area contributed by atoms with Gasteiger partial charge in [0.15, 0.2) is 0 Å². The summed E-state index contributed by atoms with van der Waals surface area (Å²) in [7, 11) is 1.67. The normalized spacial score (nSPS) is 12.0. The minimum Gasteiger partial charge on any atom is -0.497 e. The van der Waals surface area contributed by atoms with Crippen molar-refractivity contribution < 1.29 is 9.94 Å². The van der Waals surface area contributed by atoms with Gasteiger partial charge in [-0.05, 0) is 62.9 Å². The van der Waals surface area contributed by atoms with Crippen LogP contribution in [0.2, 0.25) is 0 Å². The summed E-state index contributed by atoms with van der Waals surface area (Å²) >= 11 is 0. The van der Waals surface area contributed by atoms with E-state index in [1.54, 1.807) is 7.11 Å². The Bertz CT molecular complexity index is 995. The van der Waals surface area contributed by atoms with Crippen LogP contribution < -0.4 is 4.74 Å². The van der Waals surface area contributed by atoms with Crippen molar-refractivity contribution in [2.24, 2.45) is 5.16 Å². The molecule has 1 aromatic carbocycles. The Hall–Kier alpha value is -2.89. The number of hydrogen-bond acceptors (Lipinski definition) is 5. The van der Waals surface area contributed by atoms with Gasteiger partial charge >= 0.3 is 0 Å².